The van der Waals surface area contributed by atoms with E-state index in [-0.39, 0.29) is 18.4 Å². The van der Waals surface area contributed by atoms with Crippen molar-refractivity contribution in [2.45, 2.75) is 26.5 Å². The fourth-order valence-corrected chi connectivity index (χ4v) is 3.56. The molecule has 0 spiro atoms. The van der Waals surface area contributed by atoms with E-state index >= 15 is 0 Å². The van der Waals surface area contributed by atoms with Crippen molar-refractivity contribution in [1.29, 1.82) is 0 Å². The number of nitrogens with one attached hydrogen (secondary N) is 2. The van der Waals surface area contributed by atoms with E-state index in [9.17, 15) is 9.59 Å². The summed E-state index contributed by atoms with van der Waals surface area (Å²) in [6.45, 7) is 3.95. The average molecular weight is 498 g/mol. The van der Waals surface area contributed by atoms with Crippen LogP contribution in [0.1, 0.15) is 35.3 Å². The lowest BCUT2D eigenvalue weighted by molar-refractivity contribution is -0.123. The number of benzene rings is 3. The zero-order valence-corrected chi connectivity index (χ0v) is 20.3. The predicted octanol–water partition coefficient (Wildman–Crippen LogP) is 5.48. The molecule has 0 saturated carbocycles. The number of ether oxygens (including phenoxy) is 1. The molecule has 0 aliphatic rings. The second kappa shape index (κ2) is 12.2. The molecule has 8 heteroatoms. The van der Waals surface area contributed by atoms with Crippen LogP contribution >= 0.6 is 23.2 Å². The van der Waals surface area contributed by atoms with Gasteiger partial charge in [-0.3, -0.25) is 9.59 Å². The monoisotopic (exact) mass is 497 g/mol. The third kappa shape index (κ3) is 7.07. The molecule has 176 valence electrons. The zero-order valence-electron chi connectivity index (χ0n) is 18.8. The van der Waals surface area contributed by atoms with E-state index in [2.05, 4.69) is 15.8 Å². The van der Waals surface area contributed by atoms with Gasteiger partial charge in [-0.05, 0) is 42.3 Å². The van der Waals surface area contributed by atoms with Gasteiger partial charge in [0.2, 0.25) is 0 Å². The maximum atomic E-state index is 12.7. The maximum absolute atomic E-state index is 12.7. The molecule has 3 aromatic carbocycles. The highest BCUT2D eigenvalue weighted by atomic mass is 35.5. The number of carbonyl (C=O) groups excluding carboxylic acids is 2. The quantitative estimate of drug-likeness (QED) is 0.303. The van der Waals surface area contributed by atoms with Gasteiger partial charge >= 0.3 is 0 Å². The second-order valence-electron chi connectivity index (χ2n) is 7.86. The Hall–Kier alpha value is -3.35. The number of amides is 2. The van der Waals surface area contributed by atoms with E-state index in [1.54, 1.807) is 48.5 Å². The first-order valence-electron chi connectivity index (χ1n) is 10.7. The number of hydrogen-bond acceptors (Lipinski definition) is 4. The Morgan fingerprint density at radius 3 is 2.41 bits per heavy atom. The van der Waals surface area contributed by atoms with Gasteiger partial charge in [-0.1, -0.05) is 73.4 Å². The van der Waals surface area contributed by atoms with Crippen molar-refractivity contribution in [3.8, 4) is 5.75 Å². The molecule has 2 amide bonds. The summed E-state index contributed by atoms with van der Waals surface area (Å²) in [5.41, 5.74) is 4.45. The molecule has 0 aromatic heterocycles. The van der Waals surface area contributed by atoms with Crippen LogP contribution in [-0.4, -0.2) is 24.1 Å². The van der Waals surface area contributed by atoms with Crippen molar-refractivity contribution < 1.29 is 14.3 Å². The van der Waals surface area contributed by atoms with Crippen molar-refractivity contribution >= 4 is 41.2 Å². The first-order valence-corrected chi connectivity index (χ1v) is 11.5. The first kappa shape index (κ1) is 25.3. The molecule has 6 nitrogen and oxygen atoms in total. The Bertz CT molecular complexity index is 1170. The Balaban J connectivity index is 1.63. The highest BCUT2D eigenvalue weighted by Crippen LogP contribution is 2.24. The van der Waals surface area contributed by atoms with Crippen LogP contribution in [-0.2, 0) is 11.4 Å². The minimum Gasteiger partial charge on any atom is -0.488 e. The molecule has 0 saturated heterocycles. The lowest BCUT2D eigenvalue weighted by atomic mass is 10.0. The van der Waals surface area contributed by atoms with E-state index in [0.29, 0.717) is 26.9 Å². The minimum atomic E-state index is -0.747. The number of rotatable bonds is 9. The van der Waals surface area contributed by atoms with Crippen LogP contribution in [0, 0.1) is 5.92 Å². The summed E-state index contributed by atoms with van der Waals surface area (Å²) in [5.74, 6) is -0.299. The molecular formula is C26H25Cl2N3O3. The van der Waals surface area contributed by atoms with E-state index in [0.717, 1.165) is 5.56 Å². The van der Waals surface area contributed by atoms with Crippen LogP contribution in [0.25, 0.3) is 0 Å². The average Bonchev–Trinajstić information content (AvgIpc) is 2.83. The van der Waals surface area contributed by atoms with E-state index in [1.807, 2.05) is 38.1 Å². The molecule has 0 bridgehead atoms. The van der Waals surface area contributed by atoms with E-state index < -0.39 is 11.9 Å². The molecule has 3 rings (SSSR count). The lowest BCUT2D eigenvalue weighted by Crippen LogP contribution is -2.48. The fourth-order valence-electron chi connectivity index (χ4n) is 3.10. The molecule has 2 N–H and O–H groups in total. The van der Waals surface area contributed by atoms with Crippen LogP contribution in [0.5, 0.6) is 5.75 Å². The summed E-state index contributed by atoms with van der Waals surface area (Å²) in [4.78, 5) is 25.2. The van der Waals surface area contributed by atoms with Gasteiger partial charge in [-0.15, -0.1) is 0 Å². The summed E-state index contributed by atoms with van der Waals surface area (Å²) in [6.07, 6.45) is 1.49. The van der Waals surface area contributed by atoms with Gasteiger partial charge in [-0.2, -0.15) is 5.10 Å². The Kier molecular flexibility index (Phi) is 9.08. The van der Waals surface area contributed by atoms with Crippen LogP contribution in [0.2, 0.25) is 10.0 Å². The van der Waals surface area contributed by atoms with Gasteiger partial charge in [0.25, 0.3) is 11.8 Å². The second-order valence-corrected chi connectivity index (χ2v) is 8.70. The van der Waals surface area contributed by atoms with E-state index in [1.165, 1.54) is 6.21 Å². The molecule has 0 aliphatic heterocycles. The smallest absolute Gasteiger partial charge is 0.262 e. The summed E-state index contributed by atoms with van der Waals surface area (Å²) >= 11 is 12.2. The summed E-state index contributed by atoms with van der Waals surface area (Å²) in [5, 5.41) is 7.91. The fraction of sp³-hybridized carbons (Fsp3) is 0.192. The van der Waals surface area contributed by atoms with Crippen LogP contribution in [0.4, 0.5) is 0 Å². The summed E-state index contributed by atoms with van der Waals surface area (Å²) < 4.78 is 5.90. The SMILES string of the molecule is CC(C)C(NC(=O)c1ccccc1)C(=O)NN=Cc1ccccc1OCc1ccc(Cl)cc1Cl. The molecule has 1 atom stereocenters. The topological polar surface area (TPSA) is 79.8 Å². The molecule has 0 fully saturated rings. The Morgan fingerprint density at radius 2 is 1.71 bits per heavy atom. The van der Waals surface area contributed by atoms with Crippen molar-refractivity contribution in [3.63, 3.8) is 0 Å². The standard InChI is InChI=1S/C26H25Cl2N3O3/c1-17(2)24(30-25(32)18-8-4-3-5-9-18)26(33)31-29-15-19-10-6-7-11-23(19)34-16-20-12-13-21(27)14-22(20)28/h3-15,17,24H,16H2,1-2H3,(H,30,32)(H,31,33). The van der Waals surface area contributed by atoms with Gasteiger partial charge in [0, 0.05) is 26.7 Å². The number of hydrogen-bond donors (Lipinski definition) is 2. The van der Waals surface area contributed by atoms with Gasteiger partial charge in [0.05, 0.1) is 6.21 Å². The molecular weight excluding hydrogens is 473 g/mol. The number of halogens is 2. The number of carbonyl (C=O) groups is 2. The van der Waals surface area contributed by atoms with Gasteiger partial charge in [0.15, 0.2) is 0 Å². The Morgan fingerprint density at radius 1 is 1.00 bits per heavy atom. The molecule has 0 aliphatic carbocycles. The lowest BCUT2D eigenvalue weighted by Gasteiger charge is -2.20. The summed E-state index contributed by atoms with van der Waals surface area (Å²) in [6, 6.07) is 20.5. The highest BCUT2D eigenvalue weighted by molar-refractivity contribution is 6.35. The Labute approximate surface area is 208 Å². The minimum absolute atomic E-state index is 0.136. The van der Waals surface area contributed by atoms with Crippen molar-refractivity contribution in [1.82, 2.24) is 10.7 Å². The van der Waals surface area contributed by atoms with Crippen molar-refractivity contribution in [2.24, 2.45) is 11.0 Å². The predicted molar refractivity (Wildman–Crippen MR) is 136 cm³/mol. The molecule has 1 unspecified atom stereocenters. The van der Waals surface area contributed by atoms with Crippen LogP contribution in [0.15, 0.2) is 77.9 Å². The first-order chi connectivity index (χ1) is 16.3. The van der Waals surface area contributed by atoms with Gasteiger partial charge in [0.1, 0.15) is 18.4 Å². The largest absolute Gasteiger partial charge is 0.488 e. The van der Waals surface area contributed by atoms with Crippen LogP contribution in [0.3, 0.4) is 0 Å². The molecule has 0 heterocycles. The molecule has 34 heavy (non-hydrogen) atoms. The molecule has 0 radical (unpaired) electrons. The van der Waals surface area contributed by atoms with Crippen molar-refractivity contribution in [2.75, 3.05) is 0 Å². The zero-order chi connectivity index (χ0) is 24.5. The third-order valence-corrected chi connectivity index (χ3v) is 5.55. The van der Waals surface area contributed by atoms with Crippen LogP contribution < -0.4 is 15.5 Å². The maximum Gasteiger partial charge on any atom is 0.262 e. The third-order valence-electron chi connectivity index (χ3n) is 4.97. The highest BCUT2D eigenvalue weighted by Gasteiger charge is 2.24. The van der Waals surface area contributed by atoms with Gasteiger partial charge < -0.3 is 10.1 Å². The molecule has 3 aromatic rings. The van der Waals surface area contributed by atoms with E-state index in [4.69, 9.17) is 27.9 Å². The number of para-hydroxylation sites is 1. The van der Waals surface area contributed by atoms with Crippen molar-refractivity contribution in [3.05, 3.63) is 99.5 Å². The summed E-state index contributed by atoms with van der Waals surface area (Å²) in [7, 11) is 0. The number of nitrogens with zero attached hydrogens (tertiary/aromatic N) is 1. The normalized spacial score (nSPS) is 11.9. The number of hydrazone groups is 1. The van der Waals surface area contributed by atoms with Gasteiger partial charge in [-0.25, -0.2) is 5.43 Å².